The minimum Gasteiger partial charge on any atom is -0.477 e. The van der Waals surface area contributed by atoms with Gasteiger partial charge in [-0.2, -0.15) is 8.78 Å². The molecule has 2 N–H and O–H groups in total. The van der Waals surface area contributed by atoms with Gasteiger partial charge in [-0.1, -0.05) is 11.6 Å². The number of pyridine rings is 1. The van der Waals surface area contributed by atoms with Crippen molar-refractivity contribution in [2.75, 3.05) is 5.32 Å². The van der Waals surface area contributed by atoms with Gasteiger partial charge in [0, 0.05) is 12.3 Å². The first-order valence-electron chi connectivity index (χ1n) is 6.02. The molecule has 2 aromatic heterocycles. The number of hydrogen-bond acceptors (Lipinski definition) is 5. The second-order valence-corrected chi connectivity index (χ2v) is 4.56. The van der Waals surface area contributed by atoms with E-state index in [0.29, 0.717) is 5.02 Å². The number of halogens is 3. The standard InChI is InChI=1S/C12H9ClF2N4O4/c13-6-1-2-8(16-4-6)17-9(20)5-19-7(11(21)22)3-10(18-19)23-12(14)15/h1-4,12H,5H2,(H,21,22)(H,16,17,20). The molecule has 0 fully saturated rings. The quantitative estimate of drug-likeness (QED) is 0.827. The van der Waals surface area contributed by atoms with Crippen molar-refractivity contribution in [2.45, 2.75) is 13.2 Å². The zero-order valence-corrected chi connectivity index (χ0v) is 12.0. The van der Waals surface area contributed by atoms with E-state index in [1.54, 1.807) is 0 Å². The highest BCUT2D eigenvalue weighted by atomic mass is 35.5. The molecule has 0 unspecified atom stereocenters. The van der Waals surface area contributed by atoms with Crippen molar-refractivity contribution in [3.05, 3.63) is 35.1 Å². The smallest absolute Gasteiger partial charge is 0.388 e. The Morgan fingerprint density at radius 1 is 1.43 bits per heavy atom. The third-order valence-corrected chi connectivity index (χ3v) is 2.70. The SMILES string of the molecule is O=C(Cn1nc(OC(F)F)cc1C(=O)O)Nc1ccc(Cl)cn1. The topological polar surface area (TPSA) is 106 Å². The fraction of sp³-hybridized carbons (Fsp3) is 0.167. The highest BCUT2D eigenvalue weighted by Crippen LogP contribution is 2.15. The first-order valence-corrected chi connectivity index (χ1v) is 6.40. The number of carboxylic acids is 1. The van der Waals surface area contributed by atoms with Crippen molar-refractivity contribution >= 4 is 29.3 Å². The molecule has 0 aliphatic carbocycles. The van der Waals surface area contributed by atoms with E-state index in [1.807, 2.05) is 0 Å². The number of amides is 1. The zero-order valence-electron chi connectivity index (χ0n) is 11.2. The van der Waals surface area contributed by atoms with Crippen LogP contribution in [0.5, 0.6) is 5.88 Å². The second-order valence-electron chi connectivity index (χ2n) is 4.12. The summed E-state index contributed by atoms with van der Waals surface area (Å²) in [5, 5.41) is 15.2. The van der Waals surface area contributed by atoms with Crippen molar-refractivity contribution < 1.29 is 28.2 Å². The summed E-state index contributed by atoms with van der Waals surface area (Å²) in [6, 6.07) is 3.73. The molecular weight excluding hydrogens is 338 g/mol. The Morgan fingerprint density at radius 2 is 2.17 bits per heavy atom. The van der Waals surface area contributed by atoms with Crippen LogP contribution in [0.3, 0.4) is 0 Å². The molecule has 0 aliphatic heterocycles. The third-order valence-electron chi connectivity index (χ3n) is 2.47. The molecule has 0 saturated carbocycles. The van der Waals surface area contributed by atoms with Gasteiger partial charge < -0.3 is 15.2 Å². The van der Waals surface area contributed by atoms with Crippen molar-refractivity contribution in [3.63, 3.8) is 0 Å². The van der Waals surface area contributed by atoms with Gasteiger partial charge in [-0.05, 0) is 12.1 Å². The average molecular weight is 347 g/mol. The van der Waals surface area contributed by atoms with Gasteiger partial charge >= 0.3 is 12.6 Å². The Balaban J connectivity index is 2.11. The van der Waals surface area contributed by atoms with E-state index in [9.17, 15) is 18.4 Å². The van der Waals surface area contributed by atoms with Crippen molar-refractivity contribution in [3.8, 4) is 5.88 Å². The van der Waals surface area contributed by atoms with Crippen LogP contribution in [0.15, 0.2) is 24.4 Å². The molecule has 1 amide bonds. The van der Waals surface area contributed by atoms with Crippen LogP contribution in [0.2, 0.25) is 5.02 Å². The Bertz CT molecular complexity index is 720. The summed E-state index contributed by atoms with van der Waals surface area (Å²) in [5.74, 6) is -2.52. The van der Waals surface area contributed by atoms with Gasteiger partial charge in [0.25, 0.3) is 0 Å². The van der Waals surface area contributed by atoms with E-state index in [0.717, 1.165) is 10.7 Å². The maximum absolute atomic E-state index is 12.1. The largest absolute Gasteiger partial charge is 0.477 e. The van der Waals surface area contributed by atoms with Gasteiger partial charge in [0.1, 0.15) is 12.4 Å². The van der Waals surface area contributed by atoms with Crippen LogP contribution >= 0.6 is 11.6 Å². The molecule has 0 aliphatic rings. The van der Waals surface area contributed by atoms with Gasteiger partial charge in [0.2, 0.25) is 11.8 Å². The lowest BCUT2D eigenvalue weighted by Crippen LogP contribution is -2.22. The number of hydrogen-bond donors (Lipinski definition) is 2. The Labute approximate surface area is 132 Å². The number of carboxylic acid groups (broad SMARTS) is 1. The van der Waals surface area contributed by atoms with Crippen molar-refractivity contribution in [2.24, 2.45) is 0 Å². The first-order chi connectivity index (χ1) is 10.8. The second kappa shape index (κ2) is 7.01. The highest BCUT2D eigenvalue weighted by molar-refractivity contribution is 6.30. The lowest BCUT2D eigenvalue weighted by molar-refractivity contribution is -0.116. The van der Waals surface area contributed by atoms with Gasteiger partial charge in [0.15, 0.2) is 5.69 Å². The number of alkyl halides is 2. The van der Waals surface area contributed by atoms with E-state index in [2.05, 4.69) is 20.1 Å². The fourth-order valence-electron chi connectivity index (χ4n) is 1.60. The number of rotatable bonds is 6. The first kappa shape index (κ1) is 16.6. The minimum atomic E-state index is -3.16. The molecule has 0 bridgehead atoms. The molecule has 23 heavy (non-hydrogen) atoms. The maximum Gasteiger partial charge on any atom is 0.388 e. The van der Waals surface area contributed by atoms with E-state index in [-0.39, 0.29) is 5.82 Å². The van der Waals surface area contributed by atoms with Crippen LogP contribution in [-0.2, 0) is 11.3 Å². The van der Waals surface area contributed by atoms with Crippen molar-refractivity contribution in [1.29, 1.82) is 0 Å². The van der Waals surface area contributed by atoms with Crippen LogP contribution in [0.4, 0.5) is 14.6 Å². The van der Waals surface area contributed by atoms with E-state index in [4.69, 9.17) is 16.7 Å². The summed E-state index contributed by atoms with van der Waals surface area (Å²) < 4.78 is 29.0. The molecule has 2 aromatic rings. The third kappa shape index (κ3) is 4.61. The highest BCUT2D eigenvalue weighted by Gasteiger charge is 2.19. The lowest BCUT2D eigenvalue weighted by Gasteiger charge is -2.06. The zero-order chi connectivity index (χ0) is 17.0. The Morgan fingerprint density at radius 3 is 2.74 bits per heavy atom. The Kier molecular flexibility index (Phi) is 5.06. The predicted octanol–water partition coefficient (Wildman–Crippen LogP) is 1.87. The molecule has 0 atom stereocenters. The summed E-state index contributed by atoms with van der Waals surface area (Å²) in [6.45, 7) is -3.69. The Hall–Kier alpha value is -2.75. The van der Waals surface area contributed by atoms with Crippen molar-refractivity contribution in [1.82, 2.24) is 14.8 Å². The number of aromatic nitrogens is 3. The molecule has 2 heterocycles. The van der Waals surface area contributed by atoms with E-state index in [1.165, 1.54) is 18.3 Å². The predicted molar refractivity (Wildman–Crippen MR) is 73.7 cm³/mol. The van der Waals surface area contributed by atoms with Gasteiger partial charge in [-0.25, -0.2) is 14.5 Å². The summed E-state index contributed by atoms with van der Waals surface area (Å²) in [6.07, 6.45) is 1.31. The lowest BCUT2D eigenvalue weighted by atomic mass is 10.4. The minimum absolute atomic E-state index is 0.187. The molecule has 8 nitrogen and oxygen atoms in total. The fourth-order valence-corrected chi connectivity index (χ4v) is 1.71. The molecule has 11 heteroatoms. The van der Waals surface area contributed by atoms with Crippen LogP contribution in [-0.4, -0.2) is 38.4 Å². The molecule has 0 spiro atoms. The summed E-state index contributed by atoms with van der Waals surface area (Å²) >= 11 is 5.65. The molecule has 0 saturated heterocycles. The molecule has 2 rings (SSSR count). The van der Waals surface area contributed by atoms with Crippen LogP contribution in [0.1, 0.15) is 10.5 Å². The number of ether oxygens (including phenoxy) is 1. The van der Waals surface area contributed by atoms with Crippen LogP contribution < -0.4 is 10.1 Å². The normalized spacial score (nSPS) is 10.6. The van der Waals surface area contributed by atoms with Gasteiger partial charge in [0.05, 0.1) is 5.02 Å². The summed E-state index contributed by atoms with van der Waals surface area (Å²) in [5.41, 5.74) is -0.472. The number of nitrogens with one attached hydrogen (secondary N) is 1. The van der Waals surface area contributed by atoms with Crippen LogP contribution in [0.25, 0.3) is 0 Å². The summed E-state index contributed by atoms with van der Waals surface area (Å²) in [4.78, 5) is 26.7. The van der Waals surface area contributed by atoms with Crippen LogP contribution in [0, 0.1) is 0 Å². The van der Waals surface area contributed by atoms with E-state index < -0.39 is 36.6 Å². The number of carbonyl (C=O) groups excluding carboxylic acids is 1. The van der Waals surface area contributed by atoms with Gasteiger partial charge in [-0.3, -0.25) is 4.79 Å². The molecule has 0 aromatic carbocycles. The monoisotopic (exact) mass is 346 g/mol. The van der Waals surface area contributed by atoms with E-state index >= 15 is 0 Å². The molecular formula is C12H9ClF2N4O4. The molecule has 122 valence electrons. The average Bonchev–Trinajstić information content (AvgIpc) is 2.83. The molecule has 0 radical (unpaired) electrons. The summed E-state index contributed by atoms with van der Waals surface area (Å²) in [7, 11) is 0. The number of carbonyl (C=O) groups is 2. The number of nitrogens with zero attached hydrogens (tertiary/aromatic N) is 3. The maximum atomic E-state index is 12.1. The number of anilines is 1. The number of aromatic carboxylic acids is 1. The van der Waals surface area contributed by atoms with Gasteiger partial charge in [-0.15, -0.1) is 5.10 Å².